The molecule has 0 aliphatic heterocycles. The van der Waals surface area contributed by atoms with Crippen LogP contribution in [0.25, 0.3) is 10.1 Å². The van der Waals surface area contributed by atoms with Crippen LogP contribution >= 0.6 is 11.3 Å². The summed E-state index contributed by atoms with van der Waals surface area (Å²) in [5.74, 6) is 0.0618. The van der Waals surface area contributed by atoms with Gasteiger partial charge in [0.15, 0.2) is 0 Å². The third-order valence-corrected chi connectivity index (χ3v) is 4.47. The van der Waals surface area contributed by atoms with Gasteiger partial charge in [0, 0.05) is 9.58 Å². The quantitative estimate of drug-likeness (QED) is 0.848. The summed E-state index contributed by atoms with van der Waals surface area (Å²) in [5, 5.41) is 11.2. The second-order valence-corrected chi connectivity index (χ2v) is 5.47. The van der Waals surface area contributed by atoms with Crippen LogP contribution in [0, 0.1) is 11.7 Å². The maximum absolute atomic E-state index is 13.1. The summed E-state index contributed by atoms with van der Waals surface area (Å²) in [5.41, 5.74) is 0. The Balaban J connectivity index is 2.35. The first-order chi connectivity index (χ1) is 8.15. The van der Waals surface area contributed by atoms with Gasteiger partial charge in [0.2, 0.25) is 0 Å². The first-order valence-electron chi connectivity index (χ1n) is 6.02. The molecule has 0 saturated heterocycles. The molecule has 0 spiro atoms. The summed E-state index contributed by atoms with van der Waals surface area (Å²) in [6.45, 7) is 4.18. The molecule has 0 saturated carbocycles. The molecule has 0 fully saturated rings. The highest BCUT2D eigenvalue weighted by Crippen LogP contribution is 2.35. The SMILES string of the molecule is CCC(CC)C(O)c1cc2cc(F)ccc2s1. The van der Waals surface area contributed by atoms with Crippen molar-refractivity contribution in [1.29, 1.82) is 0 Å². The maximum atomic E-state index is 13.1. The predicted molar refractivity (Wildman–Crippen MR) is 70.8 cm³/mol. The zero-order valence-electron chi connectivity index (χ0n) is 10.1. The van der Waals surface area contributed by atoms with Gasteiger partial charge in [0.25, 0.3) is 0 Å². The number of aliphatic hydroxyl groups excluding tert-OH is 1. The second-order valence-electron chi connectivity index (χ2n) is 4.35. The predicted octanol–water partition coefficient (Wildman–Crippen LogP) is 4.51. The van der Waals surface area contributed by atoms with Gasteiger partial charge >= 0.3 is 0 Å². The molecule has 1 aromatic heterocycles. The van der Waals surface area contributed by atoms with Gasteiger partial charge in [-0.2, -0.15) is 0 Å². The normalized spacial score (nSPS) is 13.5. The zero-order valence-corrected chi connectivity index (χ0v) is 10.9. The minimum absolute atomic E-state index is 0.223. The molecule has 3 heteroatoms. The first-order valence-corrected chi connectivity index (χ1v) is 6.84. The molecule has 1 unspecified atom stereocenters. The molecule has 1 N–H and O–H groups in total. The van der Waals surface area contributed by atoms with E-state index in [1.54, 1.807) is 17.4 Å². The molecular weight excluding hydrogens is 235 g/mol. The molecule has 2 aromatic rings. The lowest BCUT2D eigenvalue weighted by Gasteiger charge is -2.18. The number of rotatable bonds is 4. The van der Waals surface area contributed by atoms with Gasteiger partial charge in [-0.05, 0) is 35.6 Å². The van der Waals surface area contributed by atoms with E-state index in [-0.39, 0.29) is 11.7 Å². The van der Waals surface area contributed by atoms with Crippen molar-refractivity contribution in [3.05, 3.63) is 35.0 Å². The molecule has 1 aromatic carbocycles. The molecule has 0 aliphatic rings. The van der Waals surface area contributed by atoms with Gasteiger partial charge < -0.3 is 5.11 Å². The summed E-state index contributed by atoms with van der Waals surface area (Å²) < 4.78 is 14.1. The topological polar surface area (TPSA) is 20.2 Å². The van der Waals surface area contributed by atoms with Crippen LogP contribution in [0.15, 0.2) is 24.3 Å². The third kappa shape index (κ3) is 2.50. The molecule has 17 heavy (non-hydrogen) atoms. The average molecular weight is 252 g/mol. The fourth-order valence-corrected chi connectivity index (χ4v) is 3.27. The largest absolute Gasteiger partial charge is 0.387 e. The monoisotopic (exact) mass is 252 g/mol. The Labute approximate surface area is 105 Å². The minimum atomic E-state index is -0.425. The molecule has 0 aliphatic carbocycles. The minimum Gasteiger partial charge on any atom is -0.387 e. The van der Waals surface area contributed by atoms with E-state index in [2.05, 4.69) is 13.8 Å². The van der Waals surface area contributed by atoms with E-state index < -0.39 is 6.10 Å². The van der Waals surface area contributed by atoms with Crippen molar-refractivity contribution in [2.24, 2.45) is 5.92 Å². The molecule has 0 bridgehead atoms. The number of aliphatic hydroxyl groups is 1. The van der Waals surface area contributed by atoms with Crippen LogP contribution in [0.5, 0.6) is 0 Å². The Morgan fingerprint density at radius 2 is 1.94 bits per heavy atom. The van der Waals surface area contributed by atoms with E-state index in [1.165, 1.54) is 12.1 Å². The van der Waals surface area contributed by atoms with Gasteiger partial charge in [-0.15, -0.1) is 11.3 Å². The van der Waals surface area contributed by atoms with E-state index >= 15 is 0 Å². The zero-order chi connectivity index (χ0) is 12.4. The van der Waals surface area contributed by atoms with E-state index in [4.69, 9.17) is 0 Å². The standard InChI is InChI=1S/C14H17FOS/c1-3-9(4-2)14(16)13-8-10-7-11(15)5-6-12(10)17-13/h5-9,14,16H,3-4H2,1-2H3. The van der Waals surface area contributed by atoms with Crippen LogP contribution in [0.1, 0.15) is 37.7 Å². The van der Waals surface area contributed by atoms with Gasteiger partial charge in [-0.25, -0.2) is 4.39 Å². The Hall–Kier alpha value is -0.930. The Bertz CT molecular complexity index is 502. The summed E-state index contributed by atoms with van der Waals surface area (Å²) in [6.07, 6.45) is 1.49. The number of hydrogen-bond acceptors (Lipinski definition) is 2. The maximum Gasteiger partial charge on any atom is 0.123 e. The lowest BCUT2D eigenvalue weighted by molar-refractivity contribution is 0.107. The van der Waals surface area contributed by atoms with Gasteiger partial charge in [0.1, 0.15) is 5.82 Å². The molecule has 1 nitrogen and oxygen atoms in total. The van der Waals surface area contributed by atoms with Crippen molar-refractivity contribution < 1.29 is 9.50 Å². The highest BCUT2D eigenvalue weighted by molar-refractivity contribution is 7.19. The van der Waals surface area contributed by atoms with E-state index in [1.807, 2.05) is 6.07 Å². The number of hydrogen-bond donors (Lipinski definition) is 1. The molecular formula is C14H17FOS. The van der Waals surface area contributed by atoms with Gasteiger partial charge in [-0.3, -0.25) is 0 Å². The second kappa shape index (κ2) is 5.15. The third-order valence-electron chi connectivity index (χ3n) is 3.28. The summed E-state index contributed by atoms with van der Waals surface area (Å²) in [6, 6.07) is 6.67. The Morgan fingerprint density at radius 1 is 1.24 bits per heavy atom. The molecule has 92 valence electrons. The van der Waals surface area contributed by atoms with Crippen molar-refractivity contribution in [2.45, 2.75) is 32.8 Å². The van der Waals surface area contributed by atoms with Crippen molar-refractivity contribution in [1.82, 2.24) is 0 Å². The fourth-order valence-electron chi connectivity index (χ4n) is 2.15. The highest BCUT2D eigenvalue weighted by Gasteiger charge is 2.19. The van der Waals surface area contributed by atoms with Crippen LogP contribution < -0.4 is 0 Å². The highest BCUT2D eigenvalue weighted by atomic mass is 32.1. The van der Waals surface area contributed by atoms with Crippen LogP contribution in [0.4, 0.5) is 4.39 Å². The molecule has 2 rings (SSSR count). The number of halogens is 1. The summed E-state index contributed by atoms with van der Waals surface area (Å²) in [7, 11) is 0. The molecule has 0 amide bonds. The van der Waals surface area contributed by atoms with Crippen LogP contribution in [-0.4, -0.2) is 5.11 Å². The van der Waals surface area contributed by atoms with Crippen LogP contribution in [0.3, 0.4) is 0 Å². The van der Waals surface area contributed by atoms with Crippen LogP contribution in [0.2, 0.25) is 0 Å². The number of benzene rings is 1. The Kier molecular flexibility index (Phi) is 3.79. The number of thiophene rings is 1. The van der Waals surface area contributed by atoms with Crippen molar-refractivity contribution in [2.75, 3.05) is 0 Å². The fraction of sp³-hybridized carbons (Fsp3) is 0.429. The first kappa shape index (κ1) is 12.5. The summed E-state index contributed by atoms with van der Waals surface area (Å²) in [4.78, 5) is 0.944. The van der Waals surface area contributed by atoms with E-state index in [0.29, 0.717) is 0 Å². The van der Waals surface area contributed by atoms with Crippen molar-refractivity contribution in [3.8, 4) is 0 Å². The van der Waals surface area contributed by atoms with Crippen molar-refractivity contribution >= 4 is 21.4 Å². The average Bonchev–Trinajstić information content (AvgIpc) is 2.73. The lowest BCUT2D eigenvalue weighted by Crippen LogP contribution is -2.09. The summed E-state index contributed by atoms with van der Waals surface area (Å²) >= 11 is 1.56. The number of fused-ring (bicyclic) bond motifs is 1. The lowest BCUT2D eigenvalue weighted by atomic mass is 9.95. The smallest absolute Gasteiger partial charge is 0.123 e. The molecule has 1 atom stereocenters. The van der Waals surface area contributed by atoms with Gasteiger partial charge in [-0.1, -0.05) is 26.7 Å². The van der Waals surface area contributed by atoms with Crippen LogP contribution in [-0.2, 0) is 0 Å². The molecule has 0 radical (unpaired) electrons. The van der Waals surface area contributed by atoms with E-state index in [0.717, 1.165) is 27.8 Å². The Morgan fingerprint density at radius 3 is 2.59 bits per heavy atom. The van der Waals surface area contributed by atoms with Crippen molar-refractivity contribution in [3.63, 3.8) is 0 Å². The van der Waals surface area contributed by atoms with E-state index in [9.17, 15) is 9.50 Å². The molecule has 1 heterocycles. The van der Waals surface area contributed by atoms with Gasteiger partial charge in [0.05, 0.1) is 6.10 Å².